The molecule has 2 nitrogen and oxygen atoms in total. The first-order valence-electron chi connectivity index (χ1n) is 7.34. The fraction of sp³-hybridized carbons (Fsp3) is 0.333. The maximum atomic E-state index is 6.01. The van der Waals surface area contributed by atoms with E-state index < -0.39 is 0 Å². The minimum atomic E-state index is 0.848. The first-order valence-corrected chi connectivity index (χ1v) is 8.13. The van der Waals surface area contributed by atoms with Crippen LogP contribution in [0, 0.1) is 13.8 Å². The van der Waals surface area contributed by atoms with E-state index in [-0.39, 0.29) is 0 Å². The zero-order valence-corrected chi connectivity index (χ0v) is 14.5. The second kappa shape index (κ2) is 7.62. The van der Waals surface area contributed by atoms with E-state index in [2.05, 4.69) is 66.3 Å². The molecular formula is C18H22BrNO. The Hall–Kier alpha value is -1.32. The van der Waals surface area contributed by atoms with E-state index >= 15 is 0 Å². The van der Waals surface area contributed by atoms with Crippen molar-refractivity contribution in [3.63, 3.8) is 0 Å². The molecule has 3 heteroatoms. The second-order valence-electron chi connectivity index (χ2n) is 5.31. The van der Waals surface area contributed by atoms with Gasteiger partial charge in [0.05, 0.1) is 4.47 Å². The Balaban J connectivity index is 2.10. The maximum Gasteiger partial charge on any atom is 0.141 e. The summed E-state index contributed by atoms with van der Waals surface area (Å²) in [6.07, 6.45) is 1.15. The number of hydrogen-bond acceptors (Lipinski definition) is 2. The molecule has 21 heavy (non-hydrogen) atoms. The molecule has 2 rings (SSSR count). The third-order valence-electron chi connectivity index (χ3n) is 3.30. The van der Waals surface area contributed by atoms with E-state index in [1.165, 1.54) is 11.1 Å². The highest BCUT2D eigenvalue weighted by molar-refractivity contribution is 9.10. The van der Waals surface area contributed by atoms with Crippen LogP contribution in [0.25, 0.3) is 0 Å². The van der Waals surface area contributed by atoms with Gasteiger partial charge in [0.2, 0.25) is 0 Å². The Morgan fingerprint density at radius 2 is 1.81 bits per heavy atom. The molecule has 0 atom stereocenters. The van der Waals surface area contributed by atoms with Crippen LogP contribution in [0.1, 0.15) is 30.0 Å². The highest BCUT2D eigenvalue weighted by atomic mass is 79.9. The van der Waals surface area contributed by atoms with Gasteiger partial charge in [0.25, 0.3) is 0 Å². The number of aryl methyl sites for hydroxylation is 2. The zero-order valence-electron chi connectivity index (χ0n) is 12.9. The van der Waals surface area contributed by atoms with Crippen molar-refractivity contribution < 1.29 is 4.74 Å². The van der Waals surface area contributed by atoms with Gasteiger partial charge in [-0.2, -0.15) is 0 Å². The van der Waals surface area contributed by atoms with Crippen molar-refractivity contribution in [2.24, 2.45) is 0 Å². The fourth-order valence-electron chi connectivity index (χ4n) is 2.18. The van der Waals surface area contributed by atoms with Crippen LogP contribution in [0.15, 0.2) is 40.9 Å². The predicted molar refractivity (Wildman–Crippen MR) is 92.1 cm³/mol. The fourth-order valence-corrected chi connectivity index (χ4v) is 2.69. The van der Waals surface area contributed by atoms with E-state index in [1.807, 2.05) is 12.1 Å². The Labute approximate surface area is 135 Å². The van der Waals surface area contributed by atoms with Gasteiger partial charge in [-0.3, -0.25) is 0 Å². The van der Waals surface area contributed by atoms with Crippen LogP contribution >= 0.6 is 15.9 Å². The minimum absolute atomic E-state index is 0.848. The van der Waals surface area contributed by atoms with E-state index in [0.717, 1.165) is 41.0 Å². The maximum absolute atomic E-state index is 6.01. The standard InChI is InChI=1S/C18H22BrNO/c1-4-9-20-12-15-6-8-18(16(19)11-15)21-17-7-5-13(2)10-14(17)3/h5-8,10-11,20H,4,9,12H2,1-3H3. The second-order valence-corrected chi connectivity index (χ2v) is 6.17. The van der Waals surface area contributed by atoms with Crippen LogP contribution in [0.3, 0.4) is 0 Å². The van der Waals surface area contributed by atoms with E-state index in [1.54, 1.807) is 0 Å². The lowest BCUT2D eigenvalue weighted by molar-refractivity contribution is 0.475. The molecule has 1 N–H and O–H groups in total. The molecule has 112 valence electrons. The predicted octanol–water partition coefficient (Wildman–Crippen LogP) is 5.36. The summed E-state index contributed by atoms with van der Waals surface area (Å²) in [5.74, 6) is 1.75. The van der Waals surface area contributed by atoms with Crippen molar-refractivity contribution in [2.75, 3.05) is 6.54 Å². The largest absolute Gasteiger partial charge is 0.456 e. The van der Waals surface area contributed by atoms with Gasteiger partial charge in [0, 0.05) is 6.54 Å². The number of halogens is 1. The van der Waals surface area contributed by atoms with Crippen LogP contribution in [0.2, 0.25) is 0 Å². The highest BCUT2D eigenvalue weighted by Gasteiger charge is 2.06. The van der Waals surface area contributed by atoms with Gasteiger partial charge in [-0.05, 0) is 72.1 Å². The molecule has 2 aromatic rings. The molecule has 0 aliphatic rings. The summed E-state index contributed by atoms with van der Waals surface area (Å²) in [5, 5.41) is 3.40. The third kappa shape index (κ3) is 4.58. The van der Waals surface area contributed by atoms with Crippen LogP contribution < -0.4 is 10.1 Å². The summed E-state index contributed by atoms with van der Waals surface area (Å²) in [7, 11) is 0. The van der Waals surface area contributed by atoms with Gasteiger partial charge in [0.1, 0.15) is 11.5 Å². The van der Waals surface area contributed by atoms with Crippen molar-refractivity contribution in [3.8, 4) is 11.5 Å². The summed E-state index contributed by atoms with van der Waals surface area (Å²) < 4.78 is 6.99. The van der Waals surface area contributed by atoms with Gasteiger partial charge < -0.3 is 10.1 Å². The summed E-state index contributed by atoms with van der Waals surface area (Å²) >= 11 is 3.60. The van der Waals surface area contributed by atoms with Crippen molar-refractivity contribution in [2.45, 2.75) is 33.7 Å². The molecule has 0 unspecified atom stereocenters. The van der Waals surface area contributed by atoms with Gasteiger partial charge in [-0.25, -0.2) is 0 Å². The molecular weight excluding hydrogens is 326 g/mol. The zero-order chi connectivity index (χ0) is 15.2. The molecule has 2 aromatic carbocycles. The average molecular weight is 348 g/mol. The van der Waals surface area contributed by atoms with Crippen molar-refractivity contribution in [1.82, 2.24) is 5.32 Å². The van der Waals surface area contributed by atoms with E-state index in [4.69, 9.17) is 4.74 Å². The molecule has 0 bridgehead atoms. The highest BCUT2D eigenvalue weighted by Crippen LogP contribution is 2.32. The molecule has 0 heterocycles. The summed E-state index contributed by atoms with van der Waals surface area (Å²) in [4.78, 5) is 0. The summed E-state index contributed by atoms with van der Waals surface area (Å²) in [5.41, 5.74) is 3.65. The van der Waals surface area contributed by atoms with Crippen LogP contribution in [-0.4, -0.2) is 6.54 Å². The van der Waals surface area contributed by atoms with Gasteiger partial charge in [0.15, 0.2) is 0 Å². The van der Waals surface area contributed by atoms with Crippen LogP contribution in [0.5, 0.6) is 11.5 Å². The topological polar surface area (TPSA) is 21.3 Å². The SMILES string of the molecule is CCCNCc1ccc(Oc2ccc(C)cc2C)c(Br)c1. The molecule has 0 aliphatic carbocycles. The van der Waals surface area contributed by atoms with E-state index in [0.29, 0.717) is 0 Å². The number of rotatable bonds is 6. The molecule has 0 spiro atoms. The molecule has 0 saturated carbocycles. The van der Waals surface area contributed by atoms with Crippen molar-refractivity contribution in [3.05, 3.63) is 57.6 Å². The summed E-state index contributed by atoms with van der Waals surface area (Å²) in [6.45, 7) is 8.25. The smallest absolute Gasteiger partial charge is 0.141 e. The lowest BCUT2D eigenvalue weighted by atomic mass is 10.1. The lowest BCUT2D eigenvalue weighted by Gasteiger charge is -2.12. The third-order valence-corrected chi connectivity index (χ3v) is 3.92. The van der Waals surface area contributed by atoms with Gasteiger partial charge in [-0.15, -0.1) is 0 Å². The van der Waals surface area contributed by atoms with Crippen LogP contribution in [-0.2, 0) is 6.54 Å². The van der Waals surface area contributed by atoms with Gasteiger partial charge in [-0.1, -0.05) is 30.7 Å². The molecule has 0 fully saturated rings. The van der Waals surface area contributed by atoms with Crippen molar-refractivity contribution >= 4 is 15.9 Å². The number of benzene rings is 2. The van der Waals surface area contributed by atoms with E-state index in [9.17, 15) is 0 Å². The molecule has 0 aromatic heterocycles. The number of hydrogen-bond donors (Lipinski definition) is 1. The van der Waals surface area contributed by atoms with Gasteiger partial charge >= 0.3 is 0 Å². The summed E-state index contributed by atoms with van der Waals surface area (Å²) in [6, 6.07) is 12.5. The quantitative estimate of drug-likeness (QED) is 0.710. The Kier molecular flexibility index (Phi) is 5.83. The Bertz CT molecular complexity index is 610. The minimum Gasteiger partial charge on any atom is -0.456 e. The Morgan fingerprint density at radius 3 is 2.48 bits per heavy atom. The average Bonchev–Trinajstić information content (AvgIpc) is 2.44. The van der Waals surface area contributed by atoms with Crippen LogP contribution in [0.4, 0.5) is 0 Å². The van der Waals surface area contributed by atoms with Crippen molar-refractivity contribution in [1.29, 1.82) is 0 Å². The molecule has 0 radical (unpaired) electrons. The molecule has 0 aliphatic heterocycles. The normalized spacial score (nSPS) is 10.7. The Morgan fingerprint density at radius 1 is 1.05 bits per heavy atom. The lowest BCUT2D eigenvalue weighted by Crippen LogP contribution is -2.13. The molecule has 0 amide bonds. The first-order chi connectivity index (χ1) is 10.1. The number of nitrogens with one attached hydrogen (secondary N) is 1. The molecule has 0 saturated heterocycles. The monoisotopic (exact) mass is 347 g/mol. The first kappa shape index (κ1) is 16.1. The number of ether oxygens (including phenoxy) is 1.